The summed E-state index contributed by atoms with van der Waals surface area (Å²) in [5.41, 5.74) is 2.60. The predicted molar refractivity (Wildman–Crippen MR) is 73.0 cm³/mol. The Bertz CT molecular complexity index is 436. The van der Waals surface area contributed by atoms with Gasteiger partial charge in [-0.3, -0.25) is 0 Å². The number of fused-ring (bicyclic) bond motifs is 1. The summed E-state index contributed by atoms with van der Waals surface area (Å²) < 4.78 is 0. The first kappa shape index (κ1) is 11.6. The highest BCUT2D eigenvalue weighted by molar-refractivity contribution is 7.98. The van der Waals surface area contributed by atoms with Crippen LogP contribution in [0.1, 0.15) is 12.0 Å². The van der Waals surface area contributed by atoms with Crippen molar-refractivity contribution in [1.82, 2.24) is 10.3 Å². The SMILES string of the molecule is CSCCCNCc1cccc2[nH]ccc12. The molecule has 2 nitrogen and oxygen atoms in total. The molecule has 1 heterocycles. The smallest absolute Gasteiger partial charge is 0.0457 e. The summed E-state index contributed by atoms with van der Waals surface area (Å²) in [6.45, 7) is 2.06. The van der Waals surface area contributed by atoms with Crippen molar-refractivity contribution >= 4 is 22.7 Å². The van der Waals surface area contributed by atoms with Crippen LogP contribution >= 0.6 is 11.8 Å². The zero-order valence-corrected chi connectivity index (χ0v) is 10.4. The Balaban J connectivity index is 1.91. The lowest BCUT2D eigenvalue weighted by atomic mass is 10.1. The van der Waals surface area contributed by atoms with Crippen molar-refractivity contribution in [1.29, 1.82) is 0 Å². The van der Waals surface area contributed by atoms with Gasteiger partial charge in [-0.05, 0) is 42.7 Å². The molecule has 0 saturated heterocycles. The molecular formula is C13H18N2S. The molecular weight excluding hydrogens is 216 g/mol. The van der Waals surface area contributed by atoms with Crippen molar-refractivity contribution in [3.05, 3.63) is 36.0 Å². The van der Waals surface area contributed by atoms with E-state index in [4.69, 9.17) is 0 Å². The van der Waals surface area contributed by atoms with Gasteiger partial charge in [0.05, 0.1) is 0 Å². The molecule has 0 aliphatic rings. The predicted octanol–water partition coefficient (Wildman–Crippen LogP) is 3.01. The topological polar surface area (TPSA) is 27.8 Å². The van der Waals surface area contributed by atoms with E-state index in [1.807, 2.05) is 18.0 Å². The molecule has 0 spiro atoms. The zero-order chi connectivity index (χ0) is 11.2. The number of H-pyrrole nitrogens is 1. The molecule has 0 fully saturated rings. The second-order valence-corrected chi connectivity index (χ2v) is 4.86. The zero-order valence-electron chi connectivity index (χ0n) is 9.62. The normalized spacial score (nSPS) is 11.1. The van der Waals surface area contributed by atoms with E-state index in [0.717, 1.165) is 13.1 Å². The fourth-order valence-corrected chi connectivity index (χ4v) is 2.30. The van der Waals surface area contributed by atoms with Crippen molar-refractivity contribution in [2.24, 2.45) is 0 Å². The van der Waals surface area contributed by atoms with Crippen LogP contribution in [0.15, 0.2) is 30.5 Å². The van der Waals surface area contributed by atoms with Crippen LogP contribution in [0.2, 0.25) is 0 Å². The second kappa shape index (κ2) is 5.97. The monoisotopic (exact) mass is 234 g/mol. The fourth-order valence-electron chi connectivity index (χ4n) is 1.87. The van der Waals surface area contributed by atoms with Crippen molar-refractivity contribution in [2.45, 2.75) is 13.0 Å². The van der Waals surface area contributed by atoms with Gasteiger partial charge in [0.15, 0.2) is 0 Å². The maximum atomic E-state index is 3.49. The average molecular weight is 234 g/mol. The number of aromatic amines is 1. The van der Waals surface area contributed by atoms with Gasteiger partial charge in [-0.15, -0.1) is 0 Å². The van der Waals surface area contributed by atoms with Crippen LogP contribution in [0.3, 0.4) is 0 Å². The highest BCUT2D eigenvalue weighted by atomic mass is 32.2. The lowest BCUT2D eigenvalue weighted by Gasteiger charge is -2.05. The lowest BCUT2D eigenvalue weighted by Crippen LogP contribution is -2.15. The number of nitrogens with one attached hydrogen (secondary N) is 2. The highest BCUT2D eigenvalue weighted by Gasteiger charge is 2.00. The van der Waals surface area contributed by atoms with Gasteiger partial charge in [0.1, 0.15) is 0 Å². The van der Waals surface area contributed by atoms with Crippen LogP contribution in [-0.2, 0) is 6.54 Å². The molecule has 2 aromatic rings. The first-order valence-electron chi connectivity index (χ1n) is 5.66. The minimum absolute atomic E-state index is 0.962. The van der Waals surface area contributed by atoms with Crippen LogP contribution in [0.4, 0.5) is 0 Å². The quantitative estimate of drug-likeness (QED) is 0.752. The number of benzene rings is 1. The van der Waals surface area contributed by atoms with Gasteiger partial charge >= 0.3 is 0 Å². The molecule has 86 valence electrons. The standard InChI is InChI=1S/C13H18N2S/c1-16-9-3-7-14-10-11-4-2-5-13-12(11)6-8-15-13/h2,4-6,8,14-15H,3,7,9-10H2,1H3. The molecule has 0 radical (unpaired) electrons. The van der Waals surface area contributed by atoms with Gasteiger partial charge in [0, 0.05) is 23.6 Å². The molecule has 3 heteroatoms. The Hall–Kier alpha value is -0.930. The number of hydrogen-bond acceptors (Lipinski definition) is 2. The summed E-state index contributed by atoms with van der Waals surface area (Å²) >= 11 is 1.91. The number of aromatic nitrogens is 1. The Kier molecular flexibility index (Phi) is 4.31. The van der Waals surface area contributed by atoms with E-state index in [2.05, 4.69) is 40.8 Å². The van der Waals surface area contributed by atoms with Crippen LogP contribution in [0.25, 0.3) is 10.9 Å². The van der Waals surface area contributed by atoms with E-state index in [1.165, 1.54) is 28.6 Å². The van der Waals surface area contributed by atoms with Crippen LogP contribution in [0.5, 0.6) is 0 Å². The molecule has 1 aromatic heterocycles. The van der Waals surface area contributed by atoms with Crippen molar-refractivity contribution in [3.8, 4) is 0 Å². The molecule has 16 heavy (non-hydrogen) atoms. The maximum Gasteiger partial charge on any atom is 0.0457 e. The lowest BCUT2D eigenvalue weighted by molar-refractivity contribution is 0.682. The van der Waals surface area contributed by atoms with Gasteiger partial charge in [0.2, 0.25) is 0 Å². The van der Waals surface area contributed by atoms with E-state index in [9.17, 15) is 0 Å². The minimum Gasteiger partial charge on any atom is -0.361 e. The van der Waals surface area contributed by atoms with Crippen LogP contribution < -0.4 is 5.32 Å². The highest BCUT2D eigenvalue weighted by Crippen LogP contribution is 2.16. The summed E-state index contributed by atoms with van der Waals surface area (Å²) in [5.74, 6) is 1.24. The third-order valence-electron chi connectivity index (χ3n) is 2.70. The summed E-state index contributed by atoms with van der Waals surface area (Å²) in [6, 6.07) is 8.57. The number of rotatable bonds is 6. The van der Waals surface area contributed by atoms with Crippen molar-refractivity contribution < 1.29 is 0 Å². The second-order valence-electron chi connectivity index (χ2n) is 3.88. The maximum absolute atomic E-state index is 3.49. The third-order valence-corrected chi connectivity index (χ3v) is 3.40. The largest absolute Gasteiger partial charge is 0.361 e. The van der Waals surface area contributed by atoms with Crippen molar-refractivity contribution in [2.75, 3.05) is 18.6 Å². The molecule has 1 aromatic carbocycles. The first-order valence-corrected chi connectivity index (χ1v) is 7.06. The molecule has 0 bridgehead atoms. The molecule has 0 unspecified atom stereocenters. The third kappa shape index (κ3) is 2.80. The summed E-state index contributed by atoms with van der Waals surface area (Å²) in [4.78, 5) is 3.24. The van der Waals surface area contributed by atoms with E-state index in [1.54, 1.807) is 0 Å². The van der Waals surface area contributed by atoms with Crippen LogP contribution in [0, 0.1) is 0 Å². The molecule has 0 saturated carbocycles. The summed E-state index contributed by atoms with van der Waals surface area (Å²) in [6.07, 6.45) is 5.40. The van der Waals surface area contributed by atoms with E-state index in [-0.39, 0.29) is 0 Å². The molecule has 0 aliphatic heterocycles. The molecule has 2 N–H and O–H groups in total. The Morgan fingerprint density at radius 1 is 1.31 bits per heavy atom. The Morgan fingerprint density at radius 3 is 3.12 bits per heavy atom. The van der Waals surface area contributed by atoms with Gasteiger partial charge in [0.25, 0.3) is 0 Å². The first-order chi connectivity index (χ1) is 7.92. The van der Waals surface area contributed by atoms with Gasteiger partial charge in [-0.1, -0.05) is 12.1 Å². The summed E-state index contributed by atoms with van der Waals surface area (Å²) in [5, 5.41) is 4.82. The average Bonchev–Trinajstić information content (AvgIpc) is 2.77. The molecule has 2 rings (SSSR count). The van der Waals surface area contributed by atoms with Gasteiger partial charge in [-0.25, -0.2) is 0 Å². The molecule has 0 aliphatic carbocycles. The Labute approximate surface area is 101 Å². The number of hydrogen-bond donors (Lipinski definition) is 2. The fraction of sp³-hybridized carbons (Fsp3) is 0.385. The van der Waals surface area contributed by atoms with Crippen LogP contribution in [-0.4, -0.2) is 23.5 Å². The van der Waals surface area contributed by atoms with E-state index in [0.29, 0.717) is 0 Å². The van der Waals surface area contributed by atoms with E-state index < -0.39 is 0 Å². The molecule has 0 amide bonds. The van der Waals surface area contributed by atoms with Gasteiger partial charge in [-0.2, -0.15) is 11.8 Å². The Morgan fingerprint density at radius 2 is 2.25 bits per heavy atom. The molecule has 0 atom stereocenters. The summed E-state index contributed by atoms with van der Waals surface area (Å²) in [7, 11) is 0. The minimum atomic E-state index is 0.962. The van der Waals surface area contributed by atoms with Gasteiger partial charge < -0.3 is 10.3 Å². The van der Waals surface area contributed by atoms with E-state index >= 15 is 0 Å². The number of thioether (sulfide) groups is 1. The van der Waals surface area contributed by atoms with Crippen molar-refractivity contribution in [3.63, 3.8) is 0 Å².